The van der Waals surface area contributed by atoms with Crippen molar-refractivity contribution in [1.29, 1.82) is 0 Å². The Balaban J connectivity index is 3.02. The van der Waals surface area contributed by atoms with Gasteiger partial charge in [-0.3, -0.25) is 19.2 Å². The number of aliphatic carboxylic acids is 1. The van der Waals surface area contributed by atoms with Gasteiger partial charge in [-0.1, -0.05) is 32.4 Å². The van der Waals surface area contributed by atoms with Crippen molar-refractivity contribution in [2.75, 3.05) is 12.0 Å². The zero-order chi connectivity index (χ0) is 28.1. The highest BCUT2D eigenvalue weighted by molar-refractivity contribution is 7.98. The van der Waals surface area contributed by atoms with Gasteiger partial charge >= 0.3 is 5.97 Å². The lowest BCUT2D eigenvalue weighted by molar-refractivity contribution is -0.142. The Hall–Kier alpha value is -3.32. The van der Waals surface area contributed by atoms with Crippen molar-refractivity contribution in [2.24, 2.45) is 17.4 Å². The Kier molecular flexibility index (Phi) is 13.5. The molecule has 12 nitrogen and oxygen atoms in total. The van der Waals surface area contributed by atoms with E-state index in [2.05, 4.69) is 16.0 Å². The summed E-state index contributed by atoms with van der Waals surface area (Å²) in [4.78, 5) is 62.0. The van der Waals surface area contributed by atoms with Gasteiger partial charge in [0.25, 0.3) is 0 Å². The van der Waals surface area contributed by atoms with Crippen molar-refractivity contribution in [3.63, 3.8) is 0 Å². The van der Waals surface area contributed by atoms with E-state index in [0.29, 0.717) is 24.2 Å². The van der Waals surface area contributed by atoms with Crippen LogP contribution in [0.5, 0.6) is 5.75 Å². The molecule has 9 N–H and O–H groups in total. The number of hydrogen-bond acceptors (Lipinski definition) is 8. The van der Waals surface area contributed by atoms with Crippen LogP contribution in [-0.2, 0) is 30.4 Å². The fourth-order valence-electron chi connectivity index (χ4n) is 3.35. The molecule has 0 aliphatic heterocycles. The quantitative estimate of drug-likeness (QED) is 0.144. The summed E-state index contributed by atoms with van der Waals surface area (Å²) < 4.78 is 0. The minimum absolute atomic E-state index is 0.00273. The van der Waals surface area contributed by atoms with E-state index in [9.17, 15) is 34.2 Å². The number of primary amides is 1. The van der Waals surface area contributed by atoms with Gasteiger partial charge in [0.1, 0.15) is 23.9 Å². The summed E-state index contributed by atoms with van der Waals surface area (Å²) in [5.41, 5.74) is 11.7. The smallest absolute Gasteiger partial charge is 0.326 e. The first-order valence-corrected chi connectivity index (χ1v) is 13.2. The molecule has 0 spiro atoms. The summed E-state index contributed by atoms with van der Waals surface area (Å²) in [5.74, 6) is -4.10. The summed E-state index contributed by atoms with van der Waals surface area (Å²) in [6.07, 6.45) is 2.10. The normalized spacial score (nSPS) is 14.9. The minimum Gasteiger partial charge on any atom is -0.508 e. The first-order chi connectivity index (χ1) is 17.4. The maximum atomic E-state index is 13.1. The topological polar surface area (TPSA) is 214 Å². The van der Waals surface area contributed by atoms with Crippen molar-refractivity contribution < 1.29 is 34.2 Å². The molecule has 0 radical (unpaired) electrons. The Morgan fingerprint density at radius 2 is 1.57 bits per heavy atom. The third-order valence-corrected chi connectivity index (χ3v) is 6.44. The van der Waals surface area contributed by atoms with Crippen LogP contribution in [0.1, 0.15) is 38.7 Å². The standard InChI is InChI=1S/C24H37N5O7S/c1-4-13(2)20(29-21(32)16(25)9-10-37-3)23(34)27-17(12-19(26)31)22(33)28-18(24(35)36)11-14-5-7-15(30)8-6-14/h5-8,13,16-18,20,30H,4,9-12,25H2,1-3H3,(H2,26,31)(H,27,34)(H,28,33)(H,29,32)(H,35,36). The number of amides is 4. The summed E-state index contributed by atoms with van der Waals surface area (Å²) in [5, 5.41) is 26.4. The predicted molar refractivity (Wildman–Crippen MR) is 139 cm³/mol. The van der Waals surface area contributed by atoms with Crippen molar-refractivity contribution in [2.45, 2.75) is 63.7 Å². The summed E-state index contributed by atoms with van der Waals surface area (Å²) in [7, 11) is 0. The van der Waals surface area contributed by atoms with Crippen LogP contribution in [0.15, 0.2) is 24.3 Å². The number of thioether (sulfide) groups is 1. The van der Waals surface area contributed by atoms with E-state index in [1.807, 2.05) is 13.2 Å². The number of hydrogen-bond donors (Lipinski definition) is 7. The molecule has 4 amide bonds. The number of phenols is 1. The van der Waals surface area contributed by atoms with Gasteiger partial charge in [0.15, 0.2) is 0 Å². The number of carbonyl (C=O) groups excluding carboxylic acids is 4. The van der Waals surface area contributed by atoms with Crippen LogP contribution in [0.3, 0.4) is 0 Å². The molecule has 0 saturated carbocycles. The number of benzene rings is 1. The van der Waals surface area contributed by atoms with Gasteiger partial charge in [-0.25, -0.2) is 4.79 Å². The van der Waals surface area contributed by atoms with Crippen LogP contribution in [-0.4, -0.2) is 76.0 Å². The van der Waals surface area contributed by atoms with Crippen LogP contribution in [0.4, 0.5) is 0 Å². The van der Waals surface area contributed by atoms with Gasteiger partial charge in [0, 0.05) is 6.42 Å². The number of nitrogens with one attached hydrogen (secondary N) is 3. The molecule has 1 aromatic rings. The fraction of sp³-hybridized carbons (Fsp3) is 0.542. The highest BCUT2D eigenvalue weighted by Gasteiger charge is 2.33. The first-order valence-electron chi connectivity index (χ1n) is 11.8. The monoisotopic (exact) mass is 539 g/mol. The average Bonchev–Trinajstić information content (AvgIpc) is 2.84. The summed E-state index contributed by atoms with van der Waals surface area (Å²) in [6, 6.07) is 1.03. The highest BCUT2D eigenvalue weighted by Crippen LogP contribution is 2.13. The zero-order valence-electron chi connectivity index (χ0n) is 21.2. The van der Waals surface area contributed by atoms with Gasteiger partial charge in [-0.05, 0) is 42.0 Å². The molecule has 0 aromatic heterocycles. The van der Waals surface area contributed by atoms with E-state index in [1.54, 1.807) is 6.92 Å². The summed E-state index contributed by atoms with van der Waals surface area (Å²) >= 11 is 1.53. The third kappa shape index (κ3) is 11.1. The summed E-state index contributed by atoms with van der Waals surface area (Å²) in [6.45, 7) is 3.55. The van der Waals surface area contributed by atoms with Gasteiger partial charge in [-0.15, -0.1) is 0 Å². The fourth-order valence-corrected chi connectivity index (χ4v) is 3.84. The SMILES string of the molecule is CCC(C)C(NC(=O)C(N)CCSC)C(=O)NC(CC(N)=O)C(=O)NC(Cc1ccc(O)cc1)C(=O)O. The lowest BCUT2D eigenvalue weighted by Gasteiger charge is -2.27. The van der Waals surface area contributed by atoms with Crippen LogP contribution >= 0.6 is 11.8 Å². The second kappa shape index (κ2) is 15.7. The number of phenolic OH excluding ortho intramolecular Hbond substituents is 1. The minimum atomic E-state index is -1.47. The number of nitrogens with two attached hydrogens (primary N) is 2. The molecule has 0 aliphatic rings. The number of carboxylic acids is 1. The Labute approximate surface area is 220 Å². The molecule has 0 aliphatic carbocycles. The molecular weight excluding hydrogens is 502 g/mol. The van der Waals surface area contributed by atoms with Crippen LogP contribution < -0.4 is 27.4 Å². The van der Waals surface area contributed by atoms with Crippen LogP contribution in [0.25, 0.3) is 0 Å². The van der Waals surface area contributed by atoms with E-state index in [-0.39, 0.29) is 18.1 Å². The largest absolute Gasteiger partial charge is 0.508 e. The van der Waals surface area contributed by atoms with Crippen molar-refractivity contribution in [3.8, 4) is 5.75 Å². The number of rotatable bonds is 16. The Morgan fingerprint density at radius 1 is 0.973 bits per heavy atom. The zero-order valence-corrected chi connectivity index (χ0v) is 22.0. The van der Waals surface area contributed by atoms with Gasteiger partial charge in [-0.2, -0.15) is 11.8 Å². The van der Waals surface area contributed by atoms with E-state index in [1.165, 1.54) is 36.0 Å². The molecule has 13 heteroatoms. The van der Waals surface area contributed by atoms with E-state index in [4.69, 9.17) is 11.5 Å². The van der Waals surface area contributed by atoms with Crippen LogP contribution in [0, 0.1) is 5.92 Å². The first kappa shape index (κ1) is 31.7. The highest BCUT2D eigenvalue weighted by atomic mass is 32.2. The maximum absolute atomic E-state index is 13.1. The van der Waals surface area contributed by atoms with Gasteiger partial charge < -0.3 is 37.6 Å². The predicted octanol–water partition coefficient (Wildman–Crippen LogP) is -0.524. The van der Waals surface area contributed by atoms with E-state index in [0.717, 1.165) is 0 Å². The van der Waals surface area contributed by atoms with Crippen LogP contribution in [0.2, 0.25) is 0 Å². The lowest BCUT2D eigenvalue weighted by Crippen LogP contribution is -2.59. The molecule has 1 aromatic carbocycles. The molecular formula is C24H37N5O7S. The second-order valence-corrected chi connectivity index (χ2v) is 9.75. The number of carboxylic acid groups (broad SMARTS) is 1. The molecule has 0 heterocycles. The Morgan fingerprint density at radius 3 is 2.08 bits per heavy atom. The number of carbonyl (C=O) groups is 5. The van der Waals surface area contributed by atoms with E-state index < -0.39 is 60.2 Å². The molecule has 5 unspecified atom stereocenters. The van der Waals surface area contributed by atoms with Crippen molar-refractivity contribution >= 4 is 41.4 Å². The molecule has 37 heavy (non-hydrogen) atoms. The molecule has 0 saturated heterocycles. The third-order valence-electron chi connectivity index (χ3n) is 5.79. The van der Waals surface area contributed by atoms with Crippen molar-refractivity contribution in [3.05, 3.63) is 29.8 Å². The number of aromatic hydroxyl groups is 1. The molecule has 206 valence electrons. The maximum Gasteiger partial charge on any atom is 0.326 e. The average molecular weight is 540 g/mol. The molecule has 1 rings (SSSR count). The van der Waals surface area contributed by atoms with Gasteiger partial charge in [0.05, 0.1) is 12.5 Å². The molecule has 0 fully saturated rings. The van der Waals surface area contributed by atoms with E-state index >= 15 is 0 Å². The molecule has 5 atom stereocenters. The second-order valence-electron chi connectivity index (χ2n) is 8.76. The lowest BCUT2D eigenvalue weighted by atomic mass is 9.97. The van der Waals surface area contributed by atoms with Gasteiger partial charge in [0.2, 0.25) is 23.6 Å². The molecule has 0 bridgehead atoms. The Bertz CT molecular complexity index is 944. The van der Waals surface area contributed by atoms with Crippen molar-refractivity contribution in [1.82, 2.24) is 16.0 Å².